The summed E-state index contributed by atoms with van der Waals surface area (Å²) in [7, 11) is 0. The normalized spacial score (nSPS) is 15.1. The number of anilines is 1. The molecule has 1 aliphatic heterocycles. The molecule has 4 rings (SSSR count). The summed E-state index contributed by atoms with van der Waals surface area (Å²) in [5, 5.41) is 3.04. The molecule has 0 saturated carbocycles. The smallest absolute Gasteiger partial charge is 0.322 e. The van der Waals surface area contributed by atoms with Crippen molar-refractivity contribution in [1.82, 2.24) is 14.4 Å². The molecule has 3 amide bonds. The Morgan fingerprint density at radius 1 is 0.971 bits per heavy atom. The number of nitrogens with zero attached hydrogens (tertiary/aromatic N) is 3. The van der Waals surface area contributed by atoms with E-state index in [1.165, 1.54) is 5.56 Å². The molecule has 0 saturated heterocycles. The summed E-state index contributed by atoms with van der Waals surface area (Å²) in [4.78, 5) is 30.4. The van der Waals surface area contributed by atoms with Gasteiger partial charge in [-0.05, 0) is 56.0 Å². The second-order valence-electron chi connectivity index (χ2n) is 9.15. The van der Waals surface area contributed by atoms with Crippen LogP contribution in [0.15, 0.2) is 60.8 Å². The molecule has 1 aliphatic rings. The maximum atomic E-state index is 13.7. The topological polar surface area (TPSA) is 57.6 Å². The van der Waals surface area contributed by atoms with Gasteiger partial charge in [0.05, 0.1) is 6.04 Å². The molecular formula is C28H34N4O2. The number of para-hydroxylation sites is 1. The summed E-state index contributed by atoms with van der Waals surface area (Å²) in [6, 6.07) is 18.0. The lowest BCUT2D eigenvalue weighted by molar-refractivity contribution is -0.134. The van der Waals surface area contributed by atoms with E-state index in [-0.39, 0.29) is 24.5 Å². The second kappa shape index (κ2) is 10.2. The first-order chi connectivity index (χ1) is 16.4. The van der Waals surface area contributed by atoms with Crippen molar-refractivity contribution in [1.29, 1.82) is 0 Å². The van der Waals surface area contributed by atoms with E-state index < -0.39 is 0 Å². The SMILES string of the molecule is CCCN(CC(=O)N1CCn2cccc2C1c1ccc(C)cc1)C(=O)Nc1c(C)cccc1C. The maximum Gasteiger partial charge on any atom is 0.322 e. The Morgan fingerprint density at radius 2 is 1.68 bits per heavy atom. The summed E-state index contributed by atoms with van der Waals surface area (Å²) in [5.74, 6) is -0.0388. The number of aryl methyl sites for hydroxylation is 3. The zero-order valence-corrected chi connectivity index (χ0v) is 20.5. The predicted molar refractivity (Wildman–Crippen MR) is 136 cm³/mol. The first kappa shape index (κ1) is 23.6. The summed E-state index contributed by atoms with van der Waals surface area (Å²) in [5.41, 5.74) is 6.20. The van der Waals surface area contributed by atoms with E-state index in [0.717, 1.165) is 41.0 Å². The molecule has 1 aromatic heterocycles. The fourth-order valence-electron chi connectivity index (χ4n) is 4.73. The molecular weight excluding hydrogens is 424 g/mol. The van der Waals surface area contributed by atoms with Crippen LogP contribution in [-0.2, 0) is 11.3 Å². The van der Waals surface area contributed by atoms with Crippen LogP contribution in [0.3, 0.4) is 0 Å². The molecule has 0 aliphatic carbocycles. The lowest BCUT2D eigenvalue weighted by Gasteiger charge is -2.38. The van der Waals surface area contributed by atoms with E-state index in [0.29, 0.717) is 13.1 Å². The van der Waals surface area contributed by atoms with Crippen LogP contribution >= 0.6 is 0 Å². The Hall–Kier alpha value is -3.54. The molecule has 0 fully saturated rings. The Bertz CT molecular complexity index is 1150. The highest BCUT2D eigenvalue weighted by molar-refractivity contribution is 5.93. The van der Waals surface area contributed by atoms with Gasteiger partial charge in [-0.15, -0.1) is 0 Å². The van der Waals surface area contributed by atoms with Crippen molar-refractivity contribution in [2.24, 2.45) is 0 Å². The first-order valence-electron chi connectivity index (χ1n) is 12.0. The van der Waals surface area contributed by atoms with Crippen molar-refractivity contribution in [3.63, 3.8) is 0 Å². The quantitative estimate of drug-likeness (QED) is 0.546. The molecule has 0 bridgehead atoms. The van der Waals surface area contributed by atoms with Gasteiger partial charge >= 0.3 is 6.03 Å². The van der Waals surface area contributed by atoms with E-state index in [2.05, 4.69) is 53.3 Å². The monoisotopic (exact) mass is 458 g/mol. The molecule has 2 heterocycles. The number of hydrogen-bond acceptors (Lipinski definition) is 2. The zero-order chi connectivity index (χ0) is 24.2. The lowest BCUT2D eigenvalue weighted by atomic mass is 9.98. The fraction of sp³-hybridized carbons (Fsp3) is 0.357. The van der Waals surface area contributed by atoms with Gasteiger partial charge < -0.3 is 19.7 Å². The largest absolute Gasteiger partial charge is 0.348 e. The molecule has 1 unspecified atom stereocenters. The minimum Gasteiger partial charge on any atom is -0.348 e. The minimum atomic E-state index is -0.236. The van der Waals surface area contributed by atoms with E-state index >= 15 is 0 Å². The van der Waals surface area contributed by atoms with Crippen LogP contribution in [0, 0.1) is 20.8 Å². The third-order valence-electron chi connectivity index (χ3n) is 6.57. The number of amides is 3. The average Bonchev–Trinajstić information content (AvgIpc) is 3.30. The number of carbonyl (C=O) groups is 2. The maximum absolute atomic E-state index is 13.7. The van der Waals surface area contributed by atoms with Crippen molar-refractivity contribution in [3.05, 3.63) is 88.7 Å². The number of urea groups is 1. The summed E-state index contributed by atoms with van der Waals surface area (Å²) < 4.78 is 2.21. The van der Waals surface area contributed by atoms with Crippen LogP contribution < -0.4 is 5.32 Å². The Kier molecular flexibility index (Phi) is 7.06. The molecule has 1 atom stereocenters. The van der Waals surface area contributed by atoms with Crippen LogP contribution in [0.5, 0.6) is 0 Å². The highest BCUT2D eigenvalue weighted by Crippen LogP contribution is 2.32. The number of rotatable bonds is 6. The molecule has 1 N–H and O–H groups in total. The minimum absolute atomic E-state index is 0.0388. The van der Waals surface area contributed by atoms with Gasteiger partial charge in [-0.25, -0.2) is 4.79 Å². The molecule has 0 radical (unpaired) electrons. The van der Waals surface area contributed by atoms with Crippen LogP contribution in [0.4, 0.5) is 10.5 Å². The number of fused-ring (bicyclic) bond motifs is 1. The van der Waals surface area contributed by atoms with Crippen LogP contribution in [0.1, 0.15) is 47.3 Å². The number of nitrogens with one attached hydrogen (secondary N) is 1. The molecule has 6 heteroatoms. The number of hydrogen-bond donors (Lipinski definition) is 1. The fourth-order valence-corrected chi connectivity index (χ4v) is 4.73. The predicted octanol–water partition coefficient (Wildman–Crippen LogP) is 5.29. The van der Waals surface area contributed by atoms with Crippen molar-refractivity contribution in [2.45, 2.75) is 46.7 Å². The van der Waals surface area contributed by atoms with Gasteiger partial charge in [0.2, 0.25) is 5.91 Å². The van der Waals surface area contributed by atoms with E-state index in [1.807, 2.05) is 49.9 Å². The van der Waals surface area contributed by atoms with E-state index in [9.17, 15) is 9.59 Å². The van der Waals surface area contributed by atoms with Gasteiger partial charge in [0.1, 0.15) is 6.54 Å². The van der Waals surface area contributed by atoms with Crippen molar-refractivity contribution < 1.29 is 9.59 Å². The van der Waals surface area contributed by atoms with Crippen molar-refractivity contribution in [2.75, 3.05) is 25.0 Å². The highest BCUT2D eigenvalue weighted by atomic mass is 16.2. The van der Waals surface area contributed by atoms with Crippen molar-refractivity contribution in [3.8, 4) is 0 Å². The lowest BCUT2D eigenvalue weighted by Crippen LogP contribution is -2.49. The summed E-state index contributed by atoms with van der Waals surface area (Å²) in [6.07, 6.45) is 2.84. The Balaban J connectivity index is 1.57. The van der Waals surface area contributed by atoms with Gasteiger partial charge in [-0.1, -0.05) is 55.0 Å². The number of aromatic nitrogens is 1. The Labute approximate surface area is 202 Å². The van der Waals surface area contributed by atoms with E-state index in [4.69, 9.17) is 0 Å². The third-order valence-corrected chi connectivity index (χ3v) is 6.57. The van der Waals surface area contributed by atoms with Crippen molar-refractivity contribution >= 4 is 17.6 Å². The van der Waals surface area contributed by atoms with Crippen LogP contribution in [0.25, 0.3) is 0 Å². The molecule has 3 aromatic rings. The summed E-state index contributed by atoms with van der Waals surface area (Å²) in [6.45, 7) is 9.96. The molecule has 2 aromatic carbocycles. The molecule has 6 nitrogen and oxygen atoms in total. The van der Waals surface area contributed by atoms with E-state index in [1.54, 1.807) is 4.90 Å². The van der Waals surface area contributed by atoms with Gasteiger partial charge in [0.15, 0.2) is 0 Å². The third kappa shape index (κ3) is 4.86. The first-order valence-corrected chi connectivity index (χ1v) is 12.0. The van der Waals surface area contributed by atoms with Gasteiger partial charge in [0.25, 0.3) is 0 Å². The summed E-state index contributed by atoms with van der Waals surface area (Å²) >= 11 is 0. The average molecular weight is 459 g/mol. The van der Waals surface area contributed by atoms with Crippen LogP contribution in [0.2, 0.25) is 0 Å². The Morgan fingerprint density at radius 3 is 2.35 bits per heavy atom. The molecule has 178 valence electrons. The number of carbonyl (C=O) groups excluding carboxylic acids is 2. The zero-order valence-electron chi connectivity index (χ0n) is 20.5. The number of benzene rings is 2. The molecule has 0 spiro atoms. The van der Waals surface area contributed by atoms with Gasteiger partial charge in [-0.3, -0.25) is 4.79 Å². The molecule has 34 heavy (non-hydrogen) atoms. The highest BCUT2D eigenvalue weighted by Gasteiger charge is 2.33. The van der Waals surface area contributed by atoms with Crippen LogP contribution in [-0.4, -0.2) is 45.9 Å². The van der Waals surface area contributed by atoms with Gasteiger partial charge in [0, 0.05) is 37.2 Å². The van der Waals surface area contributed by atoms with Gasteiger partial charge in [-0.2, -0.15) is 0 Å². The standard InChI is InChI=1S/C28H34N4O2/c1-5-15-31(28(34)29-26-21(3)8-6-9-22(26)4)19-25(33)32-18-17-30-16-7-10-24(30)27(32)23-13-11-20(2)12-14-23/h6-14,16,27H,5,15,17-19H2,1-4H3,(H,29,34). The second-order valence-corrected chi connectivity index (χ2v) is 9.15.